The molecule has 2 aromatic carbocycles. The lowest BCUT2D eigenvalue weighted by molar-refractivity contribution is -0.137. The molecule has 0 bridgehead atoms. The molecule has 0 radical (unpaired) electrons. The summed E-state index contributed by atoms with van der Waals surface area (Å²) in [4.78, 5) is 23.7. The number of hydrogen-bond acceptors (Lipinski definition) is 5. The Morgan fingerprint density at radius 3 is 2.36 bits per heavy atom. The molecule has 0 unspecified atom stereocenters. The summed E-state index contributed by atoms with van der Waals surface area (Å²) < 4.78 is 38.2. The van der Waals surface area contributed by atoms with Gasteiger partial charge in [-0.1, -0.05) is 11.6 Å². The lowest BCUT2D eigenvalue weighted by atomic mass is 10.1. The van der Waals surface area contributed by atoms with E-state index < -0.39 is 29.2 Å². The summed E-state index contributed by atoms with van der Waals surface area (Å²) in [6.07, 6.45) is -4.65. The summed E-state index contributed by atoms with van der Waals surface area (Å²) in [5.74, 6) is -3.06. The highest BCUT2D eigenvalue weighted by molar-refractivity contribution is 6.41. The van der Waals surface area contributed by atoms with Gasteiger partial charge in [0.1, 0.15) is 11.5 Å². The Labute approximate surface area is 161 Å². The average Bonchev–Trinajstić information content (AvgIpc) is 2.60. The van der Waals surface area contributed by atoms with E-state index in [0.29, 0.717) is 6.07 Å². The number of amides is 2. The zero-order valence-corrected chi connectivity index (χ0v) is 14.9. The van der Waals surface area contributed by atoms with E-state index in [4.69, 9.17) is 11.6 Å². The molecule has 0 aliphatic carbocycles. The summed E-state index contributed by atoms with van der Waals surface area (Å²) in [5.41, 5.74) is 0.746. The molecule has 4 N–H and O–H groups in total. The van der Waals surface area contributed by atoms with Crippen molar-refractivity contribution in [3.05, 3.63) is 52.5 Å². The van der Waals surface area contributed by atoms with Gasteiger partial charge in [0.05, 0.1) is 22.0 Å². The number of anilines is 1. The Hall–Kier alpha value is -3.27. The highest BCUT2D eigenvalue weighted by atomic mass is 35.5. The fourth-order valence-electron chi connectivity index (χ4n) is 2.05. The van der Waals surface area contributed by atoms with Crippen LogP contribution in [0.15, 0.2) is 41.5 Å². The molecule has 0 heterocycles. The number of benzene rings is 2. The van der Waals surface area contributed by atoms with Gasteiger partial charge in [0, 0.05) is 11.6 Å². The zero-order valence-electron chi connectivity index (χ0n) is 14.1. The molecule has 0 saturated carbocycles. The molecule has 0 atom stereocenters. The molecular formula is C17H13ClF3N3O4. The van der Waals surface area contributed by atoms with Gasteiger partial charge in [-0.3, -0.25) is 9.59 Å². The summed E-state index contributed by atoms with van der Waals surface area (Å²) in [5, 5.41) is 24.4. The largest absolute Gasteiger partial charge is 0.508 e. The number of rotatable bonds is 3. The molecule has 7 nitrogen and oxygen atoms in total. The third-order valence-corrected chi connectivity index (χ3v) is 3.77. The van der Waals surface area contributed by atoms with Crippen LogP contribution in [0, 0.1) is 0 Å². The van der Waals surface area contributed by atoms with Crippen LogP contribution in [0.4, 0.5) is 18.9 Å². The Kier molecular flexibility index (Phi) is 6.14. The minimum absolute atomic E-state index is 0.107. The molecule has 0 spiro atoms. The van der Waals surface area contributed by atoms with Crippen molar-refractivity contribution < 1.29 is 33.0 Å². The predicted molar refractivity (Wildman–Crippen MR) is 95.2 cm³/mol. The topological polar surface area (TPSA) is 111 Å². The Bertz CT molecular complexity index is 961. The second-order valence-corrected chi connectivity index (χ2v) is 5.89. The maximum Gasteiger partial charge on any atom is 0.416 e. The van der Waals surface area contributed by atoms with Crippen LogP contribution in [0.25, 0.3) is 0 Å². The van der Waals surface area contributed by atoms with Crippen LogP contribution in [0.5, 0.6) is 11.5 Å². The number of nitrogens with zero attached hydrogens (tertiary/aromatic N) is 1. The highest BCUT2D eigenvalue weighted by Gasteiger charge is 2.31. The standard InChI is InChI=1S/C17H13ClF3N3O4/c1-8(11-4-3-10(25)7-14(11)26)23-24-16(28)15(27)22-13-6-9(17(19,20)21)2-5-12(13)18/h2-7,25-26H,1H3,(H,22,27)(H,24,28)/b23-8+. The lowest BCUT2D eigenvalue weighted by Crippen LogP contribution is -2.33. The van der Waals surface area contributed by atoms with E-state index in [9.17, 15) is 33.0 Å². The molecule has 0 saturated heterocycles. The van der Waals surface area contributed by atoms with Crippen LogP contribution in [0.3, 0.4) is 0 Å². The van der Waals surface area contributed by atoms with Crippen molar-refractivity contribution >= 4 is 34.8 Å². The first kappa shape index (κ1) is 21.0. The first-order valence-electron chi connectivity index (χ1n) is 7.53. The molecule has 11 heteroatoms. The van der Waals surface area contributed by atoms with Gasteiger partial charge in [-0.25, -0.2) is 5.43 Å². The molecular weight excluding hydrogens is 403 g/mol. The van der Waals surface area contributed by atoms with Crippen molar-refractivity contribution in [2.45, 2.75) is 13.1 Å². The number of alkyl halides is 3. The van der Waals surface area contributed by atoms with Crippen molar-refractivity contribution in [2.24, 2.45) is 5.10 Å². The summed E-state index contributed by atoms with van der Waals surface area (Å²) in [6.45, 7) is 1.41. The number of carbonyl (C=O) groups excluding carboxylic acids is 2. The number of carbonyl (C=O) groups is 2. The van der Waals surface area contributed by atoms with Gasteiger partial charge in [-0.2, -0.15) is 18.3 Å². The molecule has 2 amide bonds. The number of hydrogen-bond donors (Lipinski definition) is 4. The van der Waals surface area contributed by atoms with E-state index in [1.54, 1.807) is 0 Å². The molecule has 0 fully saturated rings. The first-order chi connectivity index (χ1) is 13.0. The van der Waals surface area contributed by atoms with Crippen LogP contribution < -0.4 is 10.7 Å². The van der Waals surface area contributed by atoms with Gasteiger partial charge in [-0.05, 0) is 37.3 Å². The van der Waals surface area contributed by atoms with Crippen molar-refractivity contribution in [2.75, 3.05) is 5.32 Å². The van der Waals surface area contributed by atoms with Crippen molar-refractivity contribution in [1.82, 2.24) is 5.43 Å². The summed E-state index contributed by atoms with van der Waals surface area (Å²) >= 11 is 5.74. The van der Waals surface area contributed by atoms with E-state index in [2.05, 4.69) is 5.10 Å². The number of phenolic OH excluding ortho intramolecular Hbond substituents is 2. The number of nitrogens with one attached hydrogen (secondary N) is 2. The van der Waals surface area contributed by atoms with E-state index in [1.165, 1.54) is 19.1 Å². The Balaban J connectivity index is 2.10. The van der Waals surface area contributed by atoms with Gasteiger partial charge in [0.2, 0.25) is 0 Å². The molecule has 0 aliphatic rings. The summed E-state index contributed by atoms with van der Waals surface area (Å²) in [7, 11) is 0. The minimum Gasteiger partial charge on any atom is -0.508 e. The first-order valence-corrected chi connectivity index (χ1v) is 7.91. The van der Waals surface area contributed by atoms with Gasteiger partial charge in [-0.15, -0.1) is 0 Å². The lowest BCUT2D eigenvalue weighted by Gasteiger charge is -2.11. The second kappa shape index (κ2) is 8.17. The van der Waals surface area contributed by atoms with Gasteiger partial charge >= 0.3 is 18.0 Å². The van der Waals surface area contributed by atoms with Crippen molar-refractivity contribution in [3.8, 4) is 11.5 Å². The summed E-state index contributed by atoms with van der Waals surface area (Å²) in [6, 6.07) is 5.93. The number of aromatic hydroxyl groups is 2. The Morgan fingerprint density at radius 2 is 1.75 bits per heavy atom. The maximum absolute atomic E-state index is 12.7. The van der Waals surface area contributed by atoms with Gasteiger partial charge in [0.25, 0.3) is 0 Å². The molecule has 148 valence electrons. The molecule has 2 aromatic rings. The van der Waals surface area contributed by atoms with Crippen molar-refractivity contribution in [3.63, 3.8) is 0 Å². The van der Waals surface area contributed by atoms with E-state index >= 15 is 0 Å². The van der Waals surface area contributed by atoms with Crippen LogP contribution >= 0.6 is 11.6 Å². The predicted octanol–water partition coefficient (Wildman–Crippen LogP) is 3.25. The van der Waals surface area contributed by atoms with E-state index in [-0.39, 0.29) is 27.8 Å². The fraction of sp³-hybridized carbons (Fsp3) is 0.118. The molecule has 2 rings (SSSR count). The van der Waals surface area contributed by atoms with Crippen LogP contribution in [-0.2, 0) is 15.8 Å². The SMILES string of the molecule is C/C(=N\NC(=O)C(=O)Nc1cc(C(F)(F)F)ccc1Cl)c1ccc(O)cc1O. The van der Waals surface area contributed by atoms with E-state index in [0.717, 1.165) is 18.2 Å². The average molecular weight is 416 g/mol. The number of phenols is 2. The fourth-order valence-corrected chi connectivity index (χ4v) is 2.21. The zero-order chi connectivity index (χ0) is 21.1. The minimum atomic E-state index is -4.65. The highest BCUT2D eigenvalue weighted by Crippen LogP contribution is 2.33. The van der Waals surface area contributed by atoms with Crippen LogP contribution in [0.2, 0.25) is 5.02 Å². The van der Waals surface area contributed by atoms with Gasteiger partial charge < -0.3 is 15.5 Å². The third kappa shape index (κ3) is 5.13. The normalized spacial score (nSPS) is 11.8. The smallest absolute Gasteiger partial charge is 0.416 e. The third-order valence-electron chi connectivity index (χ3n) is 3.44. The molecule has 0 aromatic heterocycles. The van der Waals surface area contributed by atoms with Gasteiger partial charge in [0.15, 0.2) is 0 Å². The molecule has 0 aliphatic heterocycles. The quantitative estimate of drug-likeness (QED) is 0.350. The monoisotopic (exact) mass is 415 g/mol. The Morgan fingerprint density at radius 1 is 1.07 bits per heavy atom. The van der Waals surface area contributed by atoms with E-state index in [1.807, 2.05) is 10.7 Å². The number of halogens is 4. The number of hydrazone groups is 1. The van der Waals surface area contributed by atoms with Crippen LogP contribution in [-0.4, -0.2) is 27.7 Å². The second-order valence-electron chi connectivity index (χ2n) is 5.49. The maximum atomic E-state index is 12.7. The van der Waals surface area contributed by atoms with Crippen LogP contribution in [0.1, 0.15) is 18.1 Å². The van der Waals surface area contributed by atoms with Crippen molar-refractivity contribution in [1.29, 1.82) is 0 Å². The molecule has 28 heavy (non-hydrogen) atoms.